The van der Waals surface area contributed by atoms with E-state index in [2.05, 4.69) is 63.7 Å². The molecule has 0 fully saturated rings. The van der Waals surface area contributed by atoms with Gasteiger partial charge in [-0.15, -0.1) is 0 Å². The van der Waals surface area contributed by atoms with Crippen LogP contribution in [0, 0.1) is 0 Å². The summed E-state index contributed by atoms with van der Waals surface area (Å²) in [6.45, 7) is 0. The quantitative estimate of drug-likeness (QED) is 0.651. The van der Waals surface area contributed by atoms with Gasteiger partial charge in [-0.25, -0.2) is 0 Å². The van der Waals surface area contributed by atoms with Gasteiger partial charge in [0.25, 0.3) is 0 Å². The summed E-state index contributed by atoms with van der Waals surface area (Å²) < 4.78 is 0. The molecule has 0 aromatic rings. The molecule has 6 heteroatoms. The largest absolute Gasteiger partial charge is 0.389 e. The number of halogens is 4. The molecule has 0 aliphatic carbocycles. The zero-order valence-corrected chi connectivity index (χ0v) is 12.5. The number of hydrogen-bond acceptors (Lipinski definition) is 2. The molecule has 2 unspecified atom stereocenters. The van der Waals surface area contributed by atoms with E-state index in [9.17, 15) is 10.2 Å². The monoisotopic (exact) mass is 430 g/mol. The first-order valence-electron chi connectivity index (χ1n) is 3.30. The Morgan fingerprint density at radius 1 is 0.833 bits per heavy atom. The van der Waals surface area contributed by atoms with E-state index in [1.165, 1.54) is 0 Å². The number of aliphatic hydroxyl groups is 2. The molecule has 0 bridgehead atoms. The Morgan fingerprint density at radius 2 is 1.08 bits per heavy atom. The summed E-state index contributed by atoms with van der Waals surface area (Å²) in [6, 6.07) is 0. The lowest BCUT2D eigenvalue weighted by atomic mass is 10.1. The molecule has 4 atom stereocenters. The normalized spacial score (nSPS) is 21.5. The molecule has 12 heavy (non-hydrogen) atoms. The van der Waals surface area contributed by atoms with Gasteiger partial charge in [0.15, 0.2) is 0 Å². The summed E-state index contributed by atoms with van der Waals surface area (Å²) in [6.07, 6.45) is -1.54. The van der Waals surface area contributed by atoms with Crippen LogP contribution in [0.5, 0.6) is 0 Å². The third-order valence-corrected chi connectivity index (χ3v) is 6.25. The molecule has 0 rings (SSSR count). The van der Waals surface area contributed by atoms with Crippen LogP contribution in [0.15, 0.2) is 0 Å². The first-order valence-corrected chi connectivity index (χ1v) is 7.38. The second-order valence-corrected chi connectivity index (χ2v) is 5.97. The van der Waals surface area contributed by atoms with Crippen LogP contribution in [0.25, 0.3) is 0 Å². The molecule has 0 aromatic carbocycles. The Labute approximate surface area is 106 Å². The van der Waals surface area contributed by atoms with Crippen molar-refractivity contribution in [3.05, 3.63) is 0 Å². The van der Waals surface area contributed by atoms with Crippen molar-refractivity contribution in [3.8, 4) is 0 Å². The summed E-state index contributed by atoms with van der Waals surface area (Å²) in [5.74, 6) is 0. The molecule has 0 heterocycles. The Morgan fingerprint density at radius 3 is 1.25 bits per heavy atom. The Balaban J connectivity index is 3.99. The summed E-state index contributed by atoms with van der Waals surface area (Å²) in [7, 11) is 0. The molecule has 0 saturated carbocycles. The third-order valence-electron chi connectivity index (χ3n) is 1.39. The molecule has 0 aromatic heterocycles. The second kappa shape index (κ2) is 7.17. The van der Waals surface area contributed by atoms with E-state index in [4.69, 9.17) is 0 Å². The van der Waals surface area contributed by atoms with E-state index in [1.807, 2.05) is 0 Å². The average molecular weight is 434 g/mol. The Hall–Kier alpha value is 1.84. The summed E-state index contributed by atoms with van der Waals surface area (Å²) in [5.41, 5.74) is 0. The van der Waals surface area contributed by atoms with Gasteiger partial charge < -0.3 is 10.2 Å². The first-order chi connectivity index (χ1) is 5.54. The van der Waals surface area contributed by atoms with Crippen molar-refractivity contribution in [2.24, 2.45) is 0 Å². The van der Waals surface area contributed by atoms with Gasteiger partial charge in [0.1, 0.15) is 0 Å². The van der Waals surface area contributed by atoms with Crippen molar-refractivity contribution in [2.75, 3.05) is 10.7 Å². The van der Waals surface area contributed by atoms with Crippen LogP contribution in [0.4, 0.5) is 0 Å². The average Bonchev–Trinajstić information content (AvgIpc) is 2.12. The van der Waals surface area contributed by atoms with Gasteiger partial charge in [-0.2, -0.15) is 0 Å². The highest BCUT2D eigenvalue weighted by Crippen LogP contribution is 2.19. The Bertz CT molecular complexity index is 110. The highest BCUT2D eigenvalue weighted by atomic mass is 79.9. The summed E-state index contributed by atoms with van der Waals surface area (Å²) in [5, 5.41) is 20.2. The molecule has 0 aliphatic rings. The molecule has 74 valence electrons. The third kappa shape index (κ3) is 4.37. The molecule has 2 N–H and O–H groups in total. The highest BCUT2D eigenvalue weighted by molar-refractivity contribution is 9.12. The van der Waals surface area contributed by atoms with Crippen molar-refractivity contribution in [1.82, 2.24) is 0 Å². The number of rotatable bonds is 5. The standard InChI is InChI=1S/C6H10Br4O2/c7-1-3(9)5(11)6(12)4(10)2-8/h3-6,11-12H,1-2H2/t3?,4?,5-,6+. The van der Waals surface area contributed by atoms with Crippen molar-refractivity contribution in [2.45, 2.75) is 21.9 Å². The van der Waals surface area contributed by atoms with Crippen LogP contribution in [-0.4, -0.2) is 42.7 Å². The molecular weight excluding hydrogens is 424 g/mol. The molecule has 0 radical (unpaired) electrons. The maximum atomic E-state index is 9.51. The van der Waals surface area contributed by atoms with Crippen LogP contribution in [0.3, 0.4) is 0 Å². The zero-order chi connectivity index (χ0) is 9.72. The predicted octanol–water partition coefficient (Wildman–Crippen LogP) is 2.02. The summed E-state index contributed by atoms with van der Waals surface area (Å²) >= 11 is 12.9. The van der Waals surface area contributed by atoms with E-state index < -0.39 is 12.2 Å². The second-order valence-electron chi connectivity index (χ2n) is 2.32. The van der Waals surface area contributed by atoms with E-state index in [1.54, 1.807) is 0 Å². The fourth-order valence-electron chi connectivity index (χ4n) is 0.610. The maximum Gasteiger partial charge on any atom is 0.0943 e. The SMILES string of the molecule is O[C@H](C(Br)CBr)[C@@H](O)C(Br)CBr. The van der Waals surface area contributed by atoms with Crippen molar-refractivity contribution >= 4 is 63.7 Å². The summed E-state index contributed by atoms with van der Waals surface area (Å²) in [4.78, 5) is -0.266. The van der Waals surface area contributed by atoms with Gasteiger partial charge in [-0.05, 0) is 0 Å². The van der Waals surface area contributed by atoms with Gasteiger partial charge in [0.05, 0.1) is 21.9 Å². The van der Waals surface area contributed by atoms with Crippen LogP contribution >= 0.6 is 63.7 Å². The molecule has 0 spiro atoms. The molecule has 0 amide bonds. The van der Waals surface area contributed by atoms with Gasteiger partial charge >= 0.3 is 0 Å². The van der Waals surface area contributed by atoms with Crippen molar-refractivity contribution in [3.63, 3.8) is 0 Å². The van der Waals surface area contributed by atoms with Crippen LogP contribution < -0.4 is 0 Å². The highest BCUT2D eigenvalue weighted by Gasteiger charge is 2.28. The minimum atomic E-state index is -0.772. The molecule has 0 saturated heterocycles. The smallest absolute Gasteiger partial charge is 0.0943 e. The fourth-order valence-corrected chi connectivity index (χ4v) is 2.00. The minimum absolute atomic E-state index is 0.133. The van der Waals surface area contributed by atoms with Crippen LogP contribution in [-0.2, 0) is 0 Å². The van der Waals surface area contributed by atoms with Gasteiger partial charge in [-0.1, -0.05) is 63.7 Å². The van der Waals surface area contributed by atoms with Gasteiger partial charge in [-0.3, -0.25) is 0 Å². The molecule has 2 nitrogen and oxygen atoms in total. The molecule has 0 aliphatic heterocycles. The number of aliphatic hydroxyl groups excluding tert-OH is 2. The number of hydrogen-bond donors (Lipinski definition) is 2. The zero-order valence-electron chi connectivity index (χ0n) is 6.13. The van der Waals surface area contributed by atoms with Crippen LogP contribution in [0.1, 0.15) is 0 Å². The topological polar surface area (TPSA) is 40.5 Å². The Kier molecular flexibility index (Phi) is 8.27. The lowest BCUT2D eigenvalue weighted by Crippen LogP contribution is -2.41. The van der Waals surface area contributed by atoms with Crippen molar-refractivity contribution in [1.29, 1.82) is 0 Å². The lowest BCUT2D eigenvalue weighted by Gasteiger charge is -2.24. The van der Waals surface area contributed by atoms with Crippen LogP contribution in [0.2, 0.25) is 0 Å². The fraction of sp³-hybridized carbons (Fsp3) is 1.00. The van der Waals surface area contributed by atoms with E-state index in [0.717, 1.165) is 0 Å². The van der Waals surface area contributed by atoms with E-state index in [0.29, 0.717) is 10.7 Å². The van der Waals surface area contributed by atoms with Gasteiger partial charge in [0.2, 0.25) is 0 Å². The number of alkyl halides is 4. The van der Waals surface area contributed by atoms with Crippen molar-refractivity contribution < 1.29 is 10.2 Å². The lowest BCUT2D eigenvalue weighted by molar-refractivity contribution is 0.0263. The van der Waals surface area contributed by atoms with Gasteiger partial charge in [0, 0.05) is 10.7 Å². The first kappa shape index (κ1) is 13.8. The molecular formula is C6H10Br4O2. The minimum Gasteiger partial charge on any atom is -0.389 e. The predicted molar refractivity (Wildman–Crippen MR) is 65.0 cm³/mol. The van der Waals surface area contributed by atoms with E-state index >= 15 is 0 Å². The van der Waals surface area contributed by atoms with E-state index in [-0.39, 0.29) is 9.65 Å². The maximum absolute atomic E-state index is 9.51.